The zero-order valence-corrected chi connectivity index (χ0v) is 11.0. The minimum atomic E-state index is 0.177. The molecule has 0 unspecified atom stereocenters. The van der Waals surface area contributed by atoms with Gasteiger partial charge in [-0.15, -0.1) is 0 Å². The SMILES string of the molecule is Cc1ccc2c(c1)NCC(C)(C)N2C(C)C. The normalized spacial score (nSPS) is 18.2. The van der Waals surface area contributed by atoms with Crippen LogP contribution in [0.5, 0.6) is 0 Å². The van der Waals surface area contributed by atoms with Gasteiger partial charge in [0.1, 0.15) is 0 Å². The van der Waals surface area contributed by atoms with E-state index in [0.717, 1.165) is 6.54 Å². The maximum atomic E-state index is 3.54. The topological polar surface area (TPSA) is 15.3 Å². The highest BCUT2D eigenvalue weighted by Gasteiger charge is 2.33. The second-order valence-corrected chi connectivity index (χ2v) is 5.65. The molecule has 1 aliphatic heterocycles. The standard InChI is InChI=1S/C14H22N2/c1-10(2)16-13-7-6-11(3)8-12(13)15-9-14(16,4)5/h6-8,10,15H,9H2,1-5H3. The van der Waals surface area contributed by atoms with Gasteiger partial charge in [-0.25, -0.2) is 0 Å². The molecule has 1 aliphatic rings. The van der Waals surface area contributed by atoms with Crippen molar-refractivity contribution in [3.63, 3.8) is 0 Å². The Morgan fingerprint density at radius 1 is 1.31 bits per heavy atom. The summed E-state index contributed by atoms with van der Waals surface area (Å²) in [7, 11) is 0. The van der Waals surface area contributed by atoms with Crippen molar-refractivity contribution in [1.29, 1.82) is 0 Å². The molecule has 2 nitrogen and oxygen atoms in total. The molecule has 0 bridgehead atoms. The number of fused-ring (bicyclic) bond motifs is 1. The Morgan fingerprint density at radius 3 is 2.62 bits per heavy atom. The minimum Gasteiger partial charge on any atom is -0.381 e. The molecule has 0 amide bonds. The maximum absolute atomic E-state index is 3.54. The first-order chi connectivity index (χ1) is 7.42. The number of hydrogen-bond acceptors (Lipinski definition) is 2. The van der Waals surface area contributed by atoms with Gasteiger partial charge in [-0.3, -0.25) is 0 Å². The van der Waals surface area contributed by atoms with Crippen LogP contribution in [0.4, 0.5) is 11.4 Å². The van der Waals surface area contributed by atoms with E-state index in [1.54, 1.807) is 0 Å². The van der Waals surface area contributed by atoms with Gasteiger partial charge in [-0.1, -0.05) is 6.07 Å². The van der Waals surface area contributed by atoms with Crippen LogP contribution in [0.1, 0.15) is 33.3 Å². The van der Waals surface area contributed by atoms with Gasteiger partial charge in [0, 0.05) is 12.6 Å². The first-order valence-electron chi connectivity index (χ1n) is 6.06. The van der Waals surface area contributed by atoms with Crippen LogP contribution in [0, 0.1) is 6.92 Å². The van der Waals surface area contributed by atoms with Gasteiger partial charge in [0.2, 0.25) is 0 Å². The fraction of sp³-hybridized carbons (Fsp3) is 0.571. The Bertz CT molecular complexity index is 394. The Morgan fingerprint density at radius 2 is 2.00 bits per heavy atom. The predicted octanol–water partition coefficient (Wildman–Crippen LogP) is 3.41. The van der Waals surface area contributed by atoms with Gasteiger partial charge in [0.25, 0.3) is 0 Å². The molecule has 0 spiro atoms. The summed E-state index contributed by atoms with van der Waals surface area (Å²) in [5.74, 6) is 0. The molecular formula is C14H22N2. The third-order valence-electron chi connectivity index (χ3n) is 3.29. The highest BCUT2D eigenvalue weighted by molar-refractivity contribution is 5.74. The monoisotopic (exact) mass is 218 g/mol. The highest BCUT2D eigenvalue weighted by Crippen LogP contribution is 2.37. The summed E-state index contributed by atoms with van der Waals surface area (Å²) in [5.41, 5.74) is 4.09. The molecule has 1 N–H and O–H groups in total. The molecular weight excluding hydrogens is 196 g/mol. The summed E-state index contributed by atoms with van der Waals surface area (Å²) in [6.45, 7) is 12.3. The van der Waals surface area contributed by atoms with E-state index in [1.165, 1.54) is 16.9 Å². The smallest absolute Gasteiger partial charge is 0.0609 e. The lowest BCUT2D eigenvalue weighted by Crippen LogP contribution is -2.55. The van der Waals surface area contributed by atoms with Crippen molar-refractivity contribution in [1.82, 2.24) is 0 Å². The largest absolute Gasteiger partial charge is 0.381 e. The fourth-order valence-corrected chi connectivity index (χ4v) is 2.70. The Kier molecular flexibility index (Phi) is 2.61. The van der Waals surface area contributed by atoms with E-state index in [1.807, 2.05) is 0 Å². The van der Waals surface area contributed by atoms with Crippen LogP contribution in [0.25, 0.3) is 0 Å². The van der Waals surface area contributed by atoms with Crippen LogP contribution in [-0.4, -0.2) is 18.1 Å². The number of hydrogen-bond donors (Lipinski definition) is 1. The third kappa shape index (κ3) is 1.77. The molecule has 16 heavy (non-hydrogen) atoms. The average Bonchev–Trinajstić information content (AvgIpc) is 2.16. The molecule has 1 heterocycles. The summed E-state index contributed by atoms with van der Waals surface area (Å²) < 4.78 is 0. The van der Waals surface area contributed by atoms with Crippen molar-refractivity contribution < 1.29 is 0 Å². The van der Waals surface area contributed by atoms with Crippen molar-refractivity contribution in [3.8, 4) is 0 Å². The fourth-order valence-electron chi connectivity index (χ4n) is 2.70. The summed E-state index contributed by atoms with van der Waals surface area (Å²) in [4.78, 5) is 2.51. The van der Waals surface area contributed by atoms with Crippen molar-refractivity contribution in [2.75, 3.05) is 16.8 Å². The zero-order chi connectivity index (χ0) is 11.9. The lowest BCUT2D eigenvalue weighted by Gasteiger charge is -2.48. The molecule has 0 aromatic heterocycles. The van der Waals surface area contributed by atoms with Gasteiger partial charge >= 0.3 is 0 Å². The third-order valence-corrected chi connectivity index (χ3v) is 3.29. The molecule has 0 radical (unpaired) electrons. The number of nitrogens with one attached hydrogen (secondary N) is 1. The van der Waals surface area contributed by atoms with Crippen LogP contribution < -0.4 is 10.2 Å². The molecule has 1 aromatic carbocycles. The number of nitrogens with zero attached hydrogens (tertiary/aromatic N) is 1. The molecule has 0 saturated heterocycles. The number of aryl methyl sites for hydroxylation is 1. The van der Waals surface area contributed by atoms with E-state index in [-0.39, 0.29) is 5.54 Å². The predicted molar refractivity (Wildman–Crippen MR) is 71.4 cm³/mol. The Labute approximate surface area is 98.7 Å². The first-order valence-corrected chi connectivity index (χ1v) is 6.06. The molecule has 0 fully saturated rings. The van der Waals surface area contributed by atoms with Gasteiger partial charge < -0.3 is 10.2 Å². The molecule has 0 aliphatic carbocycles. The van der Waals surface area contributed by atoms with Gasteiger partial charge in [0.15, 0.2) is 0 Å². The lowest BCUT2D eigenvalue weighted by molar-refractivity contribution is 0.439. The van der Waals surface area contributed by atoms with E-state index in [0.29, 0.717) is 6.04 Å². The highest BCUT2D eigenvalue weighted by atomic mass is 15.3. The van der Waals surface area contributed by atoms with Crippen molar-refractivity contribution in [3.05, 3.63) is 23.8 Å². The zero-order valence-electron chi connectivity index (χ0n) is 11.0. The van der Waals surface area contributed by atoms with Crippen LogP contribution >= 0.6 is 0 Å². The molecule has 1 aromatic rings. The number of anilines is 2. The van der Waals surface area contributed by atoms with E-state index in [2.05, 4.69) is 63.0 Å². The Hall–Kier alpha value is -1.18. The Balaban J connectivity index is 2.50. The van der Waals surface area contributed by atoms with Crippen LogP contribution in [-0.2, 0) is 0 Å². The summed E-state index contributed by atoms with van der Waals surface area (Å²) in [6, 6.07) is 7.19. The first kappa shape index (κ1) is 11.3. The molecule has 0 atom stereocenters. The van der Waals surface area contributed by atoms with Gasteiger partial charge in [-0.2, -0.15) is 0 Å². The second-order valence-electron chi connectivity index (χ2n) is 5.65. The molecule has 88 valence electrons. The molecule has 0 saturated carbocycles. The van der Waals surface area contributed by atoms with Gasteiger partial charge in [0.05, 0.1) is 16.9 Å². The summed E-state index contributed by atoms with van der Waals surface area (Å²) >= 11 is 0. The van der Waals surface area contributed by atoms with Gasteiger partial charge in [-0.05, 0) is 52.3 Å². The number of rotatable bonds is 1. The molecule has 2 rings (SSSR count). The van der Waals surface area contributed by atoms with Crippen LogP contribution in [0.15, 0.2) is 18.2 Å². The van der Waals surface area contributed by atoms with Crippen LogP contribution in [0.2, 0.25) is 0 Å². The molecule has 2 heteroatoms. The van der Waals surface area contributed by atoms with Crippen LogP contribution in [0.3, 0.4) is 0 Å². The van der Waals surface area contributed by atoms with Crippen molar-refractivity contribution in [2.45, 2.75) is 46.2 Å². The van der Waals surface area contributed by atoms with E-state index < -0.39 is 0 Å². The lowest BCUT2D eigenvalue weighted by atomic mass is 9.95. The number of benzene rings is 1. The second kappa shape index (κ2) is 3.69. The van der Waals surface area contributed by atoms with E-state index >= 15 is 0 Å². The summed E-state index contributed by atoms with van der Waals surface area (Å²) in [5, 5.41) is 3.54. The maximum Gasteiger partial charge on any atom is 0.0609 e. The van der Waals surface area contributed by atoms with E-state index in [9.17, 15) is 0 Å². The van der Waals surface area contributed by atoms with Crippen molar-refractivity contribution in [2.24, 2.45) is 0 Å². The average molecular weight is 218 g/mol. The minimum absolute atomic E-state index is 0.177. The van der Waals surface area contributed by atoms with E-state index in [4.69, 9.17) is 0 Å². The summed E-state index contributed by atoms with van der Waals surface area (Å²) in [6.07, 6.45) is 0. The quantitative estimate of drug-likeness (QED) is 0.777. The van der Waals surface area contributed by atoms with Crippen molar-refractivity contribution >= 4 is 11.4 Å².